The van der Waals surface area contributed by atoms with Gasteiger partial charge in [-0.25, -0.2) is 5.10 Å². The highest BCUT2D eigenvalue weighted by atomic mass is 19.3. The lowest BCUT2D eigenvalue weighted by atomic mass is 9.94. The van der Waals surface area contributed by atoms with E-state index < -0.39 is 6.61 Å². The Morgan fingerprint density at radius 2 is 2.17 bits per heavy atom. The van der Waals surface area contributed by atoms with Gasteiger partial charge in [0.1, 0.15) is 6.10 Å². The Morgan fingerprint density at radius 1 is 1.29 bits per heavy atom. The predicted octanol–water partition coefficient (Wildman–Crippen LogP) is 2.19. The molecule has 0 amide bonds. The third-order valence-electron chi connectivity index (χ3n) is 3.59. The Balaban J connectivity index is 1.61. The van der Waals surface area contributed by atoms with E-state index in [4.69, 9.17) is 10.5 Å². The second kappa shape index (κ2) is 7.39. The second-order valence-corrected chi connectivity index (χ2v) is 5.53. The number of alkyl halides is 2. The summed E-state index contributed by atoms with van der Waals surface area (Å²) in [7, 11) is 0. The zero-order valence-electron chi connectivity index (χ0n) is 12.8. The predicted molar refractivity (Wildman–Crippen MR) is 81.4 cm³/mol. The highest BCUT2D eigenvalue weighted by molar-refractivity contribution is 5.51. The molecule has 0 spiro atoms. The van der Waals surface area contributed by atoms with Crippen LogP contribution in [0, 0.1) is 0 Å². The van der Waals surface area contributed by atoms with Gasteiger partial charge < -0.3 is 20.5 Å². The Labute approximate surface area is 136 Å². The first-order chi connectivity index (χ1) is 11.6. The van der Waals surface area contributed by atoms with Gasteiger partial charge in [0, 0.05) is 12.1 Å². The summed E-state index contributed by atoms with van der Waals surface area (Å²) in [5.41, 5.74) is 5.94. The number of nitrogens with zero attached hydrogens (tertiary/aromatic N) is 3. The topological polar surface area (TPSA) is 111 Å². The molecule has 130 valence electrons. The maximum absolute atomic E-state index is 12.1. The van der Waals surface area contributed by atoms with Crippen LogP contribution in [0.1, 0.15) is 25.7 Å². The molecular formula is C14H18F2N6O2. The van der Waals surface area contributed by atoms with Crippen LogP contribution in [0.15, 0.2) is 18.5 Å². The summed E-state index contributed by atoms with van der Waals surface area (Å²) in [6.07, 6.45) is 6.76. The molecule has 0 saturated heterocycles. The van der Waals surface area contributed by atoms with E-state index in [1.54, 1.807) is 0 Å². The average Bonchev–Trinajstić information content (AvgIpc) is 2.94. The average molecular weight is 340 g/mol. The van der Waals surface area contributed by atoms with Crippen molar-refractivity contribution in [1.82, 2.24) is 20.2 Å². The lowest BCUT2D eigenvalue weighted by Crippen LogP contribution is -2.33. The number of nitrogens with one attached hydrogen (secondary N) is 2. The number of ether oxygens (including phenoxy) is 2. The van der Waals surface area contributed by atoms with Crippen molar-refractivity contribution < 1.29 is 18.3 Å². The minimum absolute atomic E-state index is 0.0229. The van der Waals surface area contributed by atoms with Gasteiger partial charge in [0.25, 0.3) is 0 Å². The van der Waals surface area contributed by atoms with Crippen molar-refractivity contribution in [2.45, 2.75) is 44.4 Å². The molecule has 2 heterocycles. The molecule has 0 aromatic carbocycles. The highest BCUT2D eigenvalue weighted by Gasteiger charge is 2.21. The lowest BCUT2D eigenvalue weighted by molar-refractivity contribution is -0.0528. The molecule has 2 aromatic rings. The molecule has 24 heavy (non-hydrogen) atoms. The van der Waals surface area contributed by atoms with Gasteiger partial charge in [-0.2, -0.15) is 18.9 Å². The van der Waals surface area contributed by atoms with Crippen molar-refractivity contribution in [1.29, 1.82) is 0 Å². The Hall–Kier alpha value is -2.49. The lowest BCUT2D eigenvalue weighted by Gasteiger charge is -2.26. The van der Waals surface area contributed by atoms with Crippen molar-refractivity contribution in [3.8, 4) is 11.8 Å². The van der Waals surface area contributed by atoms with Gasteiger partial charge in [0.15, 0.2) is 11.6 Å². The summed E-state index contributed by atoms with van der Waals surface area (Å²) >= 11 is 0. The minimum atomic E-state index is -2.92. The molecule has 10 heteroatoms. The zero-order valence-corrected chi connectivity index (χ0v) is 12.8. The van der Waals surface area contributed by atoms with Gasteiger partial charge >= 0.3 is 6.61 Å². The van der Waals surface area contributed by atoms with E-state index in [1.807, 2.05) is 0 Å². The van der Waals surface area contributed by atoms with Gasteiger partial charge in [-0.15, -0.1) is 0 Å². The molecule has 1 saturated carbocycles. The number of H-pyrrole nitrogens is 1. The third-order valence-corrected chi connectivity index (χ3v) is 3.59. The van der Waals surface area contributed by atoms with E-state index in [2.05, 4.69) is 30.2 Å². The van der Waals surface area contributed by atoms with E-state index in [9.17, 15) is 8.78 Å². The molecule has 0 bridgehead atoms. The van der Waals surface area contributed by atoms with Crippen molar-refractivity contribution in [3.63, 3.8) is 0 Å². The first-order valence-electron chi connectivity index (χ1n) is 7.60. The summed E-state index contributed by atoms with van der Waals surface area (Å²) in [5.74, 6) is 0.877. The van der Waals surface area contributed by atoms with E-state index in [1.165, 1.54) is 18.5 Å². The number of hydrogen-bond acceptors (Lipinski definition) is 7. The molecule has 3 rings (SSSR count). The van der Waals surface area contributed by atoms with Crippen molar-refractivity contribution in [2.75, 3.05) is 5.32 Å². The van der Waals surface area contributed by atoms with Gasteiger partial charge in [0.2, 0.25) is 11.8 Å². The van der Waals surface area contributed by atoms with Crippen LogP contribution in [-0.4, -0.2) is 38.9 Å². The molecule has 4 N–H and O–H groups in total. The summed E-state index contributed by atoms with van der Waals surface area (Å²) in [5, 5.41) is 8.97. The Kier molecular flexibility index (Phi) is 5.04. The minimum Gasteiger partial charge on any atom is -0.473 e. The van der Waals surface area contributed by atoms with E-state index >= 15 is 0 Å². The first kappa shape index (κ1) is 16.4. The smallest absolute Gasteiger partial charge is 0.388 e. The van der Waals surface area contributed by atoms with Crippen LogP contribution in [0.5, 0.6) is 11.8 Å². The molecule has 2 atom stereocenters. The van der Waals surface area contributed by atoms with Gasteiger partial charge in [-0.05, 0) is 25.7 Å². The summed E-state index contributed by atoms with van der Waals surface area (Å²) in [4.78, 5) is 8.33. The van der Waals surface area contributed by atoms with Crippen LogP contribution >= 0.6 is 0 Å². The van der Waals surface area contributed by atoms with Crippen molar-refractivity contribution in [2.24, 2.45) is 5.73 Å². The van der Waals surface area contributed by atoms with E-state index in [0.717, 1.165) is 25.7 Å². The SMILES string of the molecule is N[C@H]1CCC[C@@H](Oc2cncc(Nc3cc(OC(F)F)[nH]n3)n2)C1. The van der Waals surface area contributed by atoms with Gasteiger partial charge in [-0.3, -0.25) is 4.98 Å². The monoisotopic (exact) mass is 340 g/mol. The fourth-order valence-corrected chi connectivity index (χ4v) is 2.58. The van der Waals surface area contributed by atoms with Crippen LogP contribution in [0.3, 0.4) is 0 Å². The number of aromatic amines is 1. The fraction of sp³-hybridized carbons (Fsp3) is 0.500. The van der Waals surface area contributed by atoms with Crippen LogP contribution in [-0.2, 0) is 0 Å². The molecule has 0 radical (unpaired) electrons. The quantitative estimate of drug-likeness (QED) is 0.739. The van der Waals surface area contributed by atoms with Crippen LogP contribution in [0.2, 0.25) is 0 Å². The maximum atomic E-state index is 12.1. The summed E-state index contributed by atoms with van der Waals surface area (Å²) in [6, 6.07) is 1.44. The highest BCUT2D eigenvalue weighted by Crippen LogP contribution is 2.23. The van der Waals surface area contributed by atoms with Gasteiger partial charge in [-0.1, -0.05) is 0 Å². The number of nitrogens with two attached hydrogens (primary N) is 1. The molecular weight excluding hydrogens is 322 g/mol. The Morgan fingerprint density at radius 3 is 2.96 bits per heavy atom. The van der Waals surface area contributed by atoms with E-state index in [0.29, 0.717) is 11.7 Å². The molecule has 1 fully saturated rings. The molecule has 0 unspecified atom stereocenters. The maximum Gasteiger partial charge on any atom is 0.388 e. The number of anilines is 2. The van der Waals surface area contributed by atoms with Crippen LogP contribution in [0.4, 0.5) is 20.4 Å². The van der Waals surface area contributed by atoms with Crippen molar-refractivity contribution in [3.05, 3.63) is 18.5 Å². The number of rotatable bonds is 6. The summed E-state index contributed by atoms with van der Waals surface area (Å²) in [6.45, 7) is -2.92. The van der Waals surface area contributed by atoms with Gasteiger partial charge in [0.05, 0.1) is 12.4 Å². The number of aromatic nitrogens is 4. The first-order valence-corrected chi connectivity index (χ1v) is 7.60. The fourth-order valence-electron chi connectivity index (χ4n) is 2.58. The van der Waals surface area contributed by atoms with Crippen LogP contribution in [0.25, 0.3) is 0 Å². The molecule has 8 nitrogen and oxygen atoms in total. The third kappa shape index (κ3) is 4.51. The molecule has 1 aliphatic carbocycles. The Bertz CT molecular complexity index is 668. The van der Waals surface area contributed by atoms with Crippen LogP contribution < -0.4 is 20.5 Å². The van der Waals surface area contributed by atoms with E-state index in [-0.39, 0.29) is 23.8 Å². The largest absolute Gasteiger partial charge is 0.473 e. The number of hydrogen-bond donors (Lipinski definition) is 3. The summed E-state index contributed by atoms with van der Waals surface area (Å²) < 4.78 is 34.3. The second-order valence-electron chi connectivity index (χ2n) is 5.53. The molecule has 2 aromatic heterocycles. The molecule has 1 aliphatic rings. The zero-order chi connectivity index (χ0) is 16.9. The normalized spacial score (nSPS) is 20.8. The number of halogens is 2. The van der Waals surface area contributed by atoms with Crippen molar-refractivity contribution >= 4 is 11.6 Å². The standard InChI is InChI=1S/C14H18F2N6O2/c15-14(16)24-12-5-10(21-22-12)19-11-6-18-7-13(20-11)23-9-3-1-2-8(17)4-9/h5-9,14H,1-4,17H2,(H2,19,20,21,22)/t8-,9+/m0/s1. The molecule has 0 aliphatic heterocycles.